The molecule has 0 spiro atoms. The summed E-state index contributed by atoms with van der Waals surface area (Å²) in [5.74, 6) is -0.438. The van der Waals surface area contributed by atoms with Gasteiger partial charge in [-0.05, 0) is 57.2 Å². The number of nitrogens with zero attached hydrogens (tertiary/aromatic N) is 3. The van der Waals surface area contributed by atoms with E-state index < -0.39 is 0 Å². The van der Waals surface area contributed by atoms with Gasteiger partial charge in [0.2, 0.25) is 0 Å². The summed E-state index contributed by atoms with van der Waals surface area (Å²) in [6.07, 6.45) is 4.96. The van der Waals surface area contributed by atoms with Gasteiger partial charge in [-0.1, -0.05) is 38.8 Å². The number of carbonyl (C=O) groups is 2. The Morgan fingerprint density at radius 1 is 1.16 bits per heavy atom. The van der Waals surface area contributed by atoms with Gasteiger partial charge >= 0.3 is 5.97 Å². The van der Waals surface area contributed by atoms with Crippen LogP contribution in [-0.4, -0.2) is 46.3 Å². The number of benzene rings is 1. The minimum atomic E-state index is -0.242. The van der Waals surface area contributed by atoms with Crippen LogP contribution >= 0.6 is 0 Å². The number of aromatic nitrogens is 2. The van der Waals surface area contributed by atoms with Crippen molar-refractivity contribution in [3.8, 4) is 5.69 Å². The van der Waals surface area contributed by atoms with Gasteiger partial charge in [0.15, 0.2) is 0 Å². The molecule has 3 rings (SSSR count). The van der Waals surface area contributed by atoms with Gasteiger partial charge in [0.05, 0.1) is 35.2 Å². The van der Waals surface area contributed by atoms with Gasteiger partial charge in [0.25, 0.3) is 5.91 Å². The lowest BCUT2D eigenvalue weighted by molar-refractivity contribution is -0.149. The minimum absolute atomic E-state index is 0.000184. The van der Waals surface area contributed by atoms with Crippen LogP contribution in [0.4, 0.5) is 0 Å². The molecule has 2 heterocycles. The third-order valence-electron chi connectivity index (χ3n) is 5.82. The number of piperidine rings is 1. The van der Waals surface area contributed by atoms with E-state index >= 15 is 0 Å². The predicted octanol–water partition coefficient (Wildman–Crippen LogP) is 4.50. The zero-order valence-corrected chi connectivity index (χ0v) is 19.3. The highest BCUT2D eigenvalue weighted by molar-refractivity contribution is 5.97. The zero-order valence-electron chi connectivity index (χ0n) is 19.3. The molecule has 6 heteroatoms. The number of ether oxygens (including phenoxy) is 1. The molecule has 1 fully saturated rings. The number of aryl methyl sites for hydroxylation is 2. The number of likely N-dealkylation sites (tertiary alicyclic amines) is 1. The van der Waals surface area contributed by atoms with Crippen molar-refractivity contribution in [2.75, 3.05) is 19.7 Å². The van der Waals surface area contributed by atoms with Gasteiger partial charge in [-0.15, -0.1) is 0 Å². The van der Waals surface area contributed by atoms with Crippen molar-refractivity contribution in [3.05, 3.63) is 46.8 Å². The van der Waals surface area contributed by atoms with Crippen LogP contribution in [0.5, 0.6) is 0 Å². The van der Waals surface area contributed by atoms with Crippen LogP contribution in [0.3, 0.4) is 0 Å². The van der Waals surface area contributed by atoms with Crippen molar-refractivity contribution in [2.24, 2.45) is 5.92 Å². The first-order chi connectivity index (χ1) is 15.0. The smallest absolute Gasteiger partial charge is 0.310 e. The van der Waals surface area contributed by atoms with E-state index in [0.717, 1.165) is 66.7 Å². The molecule has 1 aromatic carbocycles. The second kappa shape index (κ2) is 10.6. The van der Waals surface area contributed by atoms with Crippen LogP contribution in [0.2, 0.25) is 0 Å². The highest BCUT2D eigenvalue weighted by atomic mass is 16.5. The number of carbonyl (C=O) groups excluding carboxylic acids is 2. The van der Waals surface area contributed by atoms with Crippen LogP contribution in [0.1, 0.15) is 73.8 Å². The van der Waals surface area contributed by atoms with Crippen LogP contribution < -0.4 is 0 Å². The SMILES string of the molecule is CCCc1nn(-c2cccc(C)c2)c(CCC)c1C(=O)N1CCC[C@H](C(=O)OCC)C1. The summed E-state index contributed by atoms with van der Waals surface area (Å²) < 4.78 is 7.18. The Bertz CT molecular complexity index is 919. The van der Waals surface area contributed by atoms with Crippen molar-refractivity contribution < 1.29 is 14.3 Å². The monoisotopic (exact) mass is 425 g/mol. The third-order valence-corrected chi connectivity index (χ3v) is 5.82. The molecule has 1 saturated heterocycles. The summed E-state index contributed by atoms with van der Waals surface area (Å²) in [5.41, 5.74) is 4.71. The first kappa shape index (κ1) is 23.0. The molecule has 0 unspecified atom stereocenters. The molecular weight excluding hydrogens is 390 g/mol. The Labute approximate surface area is 185 Å². The molecule has 1 aromatic heterocycles. The molecular formula is C25H35N3O3. The van der Waals surface area contributed by atoms with E-state index in [1.165, 1.54) is 0 Å². The molecule has 6 nitrogen and oxygen atoms in total. The van der Waals surface area contributed by atoms with Crippen LogP contribution in [0.15, 0.2) is 24.3 Å². The molecule has 0 saturated carbocycles. The Balaban J connectivity index is 2.00. The fraction of sp³-hybridized carbons (Fsp3) is 0.560. The second-order valence-corrected chi connectivity index (χ2v) is 8.36. The highest BCUT2D eigenvalue weighted by Gasteiger charge is 2.33. The van der Waals surface area contributed by atoms with E-state index in [-0.39, 0.29) is 17.8 Å². The van der Waals surface area contributed by atoms with Crippen molar-refractivity contribution in [3.63, 3.8) is 0 Å². The lowest BCUT2D eigenvalue weighted by Crippen LogP contribution is -2.43. The number of amides is 1. The van der Waals surface area contributed by atoms with Gasteiger partial charge in [-0.2, -0.15) is 5.10 Å². The van der Waals surface area contributed by atoms with E-state index in [4.69, 9.17) is 9.84 Å². The fourth-order valence-electron chi connectivity index (χ4n) is 4.38. The average Bonchev–Trinajstić information content (AvgIpc) is 3.12. The number of hydrogen-bond acceptors (Lipinski definition) is 4. The van der Waals surface area contributed by atoms with E-state index in [2.05, 4.69) is 32.9 Å². The molecule has 0 N–H and O–H groups in total. The molecule has 1 atom stereocenters. The van der Waals surface area contributed by atoms with E-state index in [0.29, 0.717) is 19.7 Å². The summed E-state index contributed by atoms with van der Waals surface area (Å²) in [6, 6.07) is 8.24. The maximum atomic E-state index is 13.7. The second-order valence-electron chi connectivity index (χ2n) is 8.36. The van der Waals surface area contributed by atoms with Crippen molar-refractivity contribution in [2.45, 2.75) is 66.2 Å². The summed E-state index contributed by atoms with van der Waals surface area (Å²) in [6.45, 7) is 9.57. The first-order valence-corrected chi connectivity index (χ1v) is 11.6. The maximum Gasteiger partial charge on any atom is 0.310 e. The normalized spacial score (nSPS) is 16.4. The molecule has 1 aliphatic heterocycles. The summed E-state index contributed by atoms with van der Waals surface area (Å²) in [4.78, 5) is 27.9. The van der Waals surface area contributed by atoms with Gasteiger partial charge < -0.3 is 9.64 Å². The lowest BCUT2D eigenvalue weighted by Gasteiger charge is -2.31. The maximum absolute atomic E-state index is 13.7. The topological polar surface area (TPSA) is 64.4 Å². The Morgan fingerprint density at radius 3 is 2.61 bits per heavy atom. The summed E-state index contributed by atoms with van der Waals surface area (Å²) in [7, 11) is 0. The van der Waals surface area contributed by atoms with Gasteiger partial charge in [-0.3, -0.25) is 9.59 Å². The Kier molecular flexibility index (Phi) is 7.88. The van der Waals surface area contributed by atoms with Gasteiger partial charge in [0, 0.05) is 13.1 Å². The quantitative estimate of drug-likeness (QED) is 0.584. The Hall–Kier alpha value is -2.63. The highest BCUT2D eigenvalue weighted by Crippen LogP contribution is 2.27. The standard InChI is InChI=1S/C25H35N3O3/c1-5-10-21-23(24(29)27-15-9-13-19(17-27)25(30)31-7-3)22(11-6-2)28(26-21)20-14-8-12-18(4)16-20/h8,12,14,16,19H,5-7,9-11,13,15,17H2,1-4H3/t19-/m0/s1. The Morgan fingerprint density at radius 2 is 1.94 bits per heavy atom. The first-order valence-electron chi connectivity index (χ1n) is 11.6. The van der Waals surface area contributed by atoms with Crippen LogP contribution in [0, 0.1) is 12.8 Å². The van der Waals surface area contributed by atoms with E-state index in [1.54, 1.807) is 0 Å². The molecule has 2 aromatic rings. The van der Waals surface area contributed by atoms with Crippen molar-refractivity contribution >= 4 is 11.9 Å². The largest absolute Gasteiger partial charge is 0.466 e. The summed E-state index contributed by atoms with van der Waals surface area (Å²) >= 11 is 0. The van der Waals surface area contributed by atoms with E-state index in [9.17, 15) is 9.59 Å². The number of esters is 1. The van der Waals surface area contributed by atoms with Crippen molar-refractivity contribution in [1.29, 1.82) is 0 Å². The predicted molar refractivity (Wildman–Crippen MR) is 122 cm³/mol. The van der Waals surface area contributed by atoms with Gasteiger partial charge in [-0.25, -0.2) is 4.68 Å². The molecule has 1 aliphatic rings. The fourth-order valence-corrected chi connectivity index (χ4v) is 4.38. The molecule has 0 aliphatic carbocycles. The molecule has 31 heavy (non-hydrogen) atoms. The van der Waals surface area contributed by atoms with Crippen LogP contribution in [0.25, 0.3) is 5.69 Å². The third kappa shape index (κ3) is 5.17. The molecule has 0 bridgehead atoms. The van der Waals surface area contributed by atoms with Crippen LogP contribution in [-0.2, 0) is 22.4 Å². The van der Waals surface area contributed by atoms with E-state index in [1.807, 2.05) is 28.6 Å². The zero-order chi connectivity index (χ0) is 22.4. The van der Waals surface area contributed by atoms with Crippen molar-refractivity contribution in [1.82, 2.24) is 14.7 Å². The number of rotatable bonds is 8. The summed E-state index contributed by atoms with van der Waals surface area (Å²) in [5, 5.41) is 4.91. The molecule has 1 amide bonds. The molecule has 0 radical (unpaired) electrons. The lowest BCUT2D eigenvalue weighted by atomic mass is 9.96. The molecule has 168 valence electrons. The van der Waals surface area contributed by atoms with Gasteiger partial charge in [0.1, 0.15) is 0 Å². The number of hydrogen-bond donors (Lipinski definition) is 0. The minimum Gasteiger partial charge on any atom is -0.466 e. The average molecular weight is 426 g/mol.